The van der Waals surface area contributed by atoms with Crippen molar-refractivity contribution in [3.63, 3.8) is 0 Å². The topological polar surface area (TPSA) is 50.9 Å². The Morgan fingerprint density at radius 1 is 1.12 bits per heavy atom. The van der Waals surface area contributed by atoms with Gasteiger partial charge in [0.15, 0.2) is 0 Å². The maximum Gasteiger partial charge on any atom is 0.147 e. The lowest BCUT2D eigenvalue weighted by Gasteiger charge is -2.11. The van der Waals surface area contributed by atoms with E-state index < -0.39 is 0 Å². The van der Waals surface area contributed by atoms with Crippen molar-refractivity contribution < 1.29 is 0 Å². The van der Waals surface area contributed by atoms with Crippen molar-refractivity contribution >= 4 is 29.0 Å². The summed E-state index contributed by atoms with van der Waals surface area (Å²) in [5, 5.41) is 3.28. The van der Waals surface area contributed by atoms with Gasteiger partial charge in [-0.2, -0.15) is 0 Å². The normalized spacial score (nSPS) is 10.1. The molecule has 0 saturated carbocycles. The molecule has 4 heteroatoms. The number of anilines is 3. The van der Waals surface area contributed by atoms with Crippen molar-refractivity contribution in [3.8, 4) is 0 Å². The van der Waals surface area contributed by atoms with E-state index in [0.29, 0.717) is 5.82 Å². The zero-order valence-electron chi connectivity index (χ0n) is 8.97. The fraction of sp³-hybridized carbons (Fsp3) is 0.0833. The third-order valence-electron chi connectivity index (χ3n) is 2.21. The van der Waals surface area contributed by atoms with E-state index in [1.54, 1.807) is 18.0 Å². The first-order valence-electron chi connectivity index (χ1n) is 4.92. The molecule has 0 aliphatic rings. The van der Waals surface area contributed by atoms with Gasteiger partial charge >= 0.3 is 0 Å². The van der Waals surface area contributed by atoms with Crippen LogP contribution in [0.25, 0.3) is 0 Å². The lowest BCUT2D eigenvalue weighted by Crippen LogP contribution is -1.98. The summed E-state index contributed by atoms with van der Waals surface area (Å²) in [5.41, 5.74) is 7.67. The minimum atomic E-state index is 0.512. The highest BCUT2D eigenvalue weighted by molar-refractivity contribution is 7.98. The van der Waals surface area contributed by atoms with Crippen molar-refractivity contribution in [2.24, 2.45) is 0 Å². The second-order valence-corrected chi connectivity index (χ2v) is 4.11. The molecule has 82 valence electrons. The van der Waals surface area contributed by atoms with Crippen LogP contribution in [0.15, 0.2) is 47.5 Å². The van der Waals surface area contributed by atoms with E-state index in [9.17, 15) is 0 Å². The molecule has 1 aromatic heterocycles. The standard InChI is InChI=1S/C12H13N3S/c1-16-11-7-3-2-5-9(11)15-10-6-4-8-14-12(10)13/h2-8,15H,1H3,(H2,13,14). The van der Waals surface area contributed by atoms with Gasteiger partial charge in [-0.15, -0.1) is 11.8 Å². The number of hydrogen-bond acceptors (Lipinski definition) is 4. The van der Waals surface area contributed by atoms with Crippen LogP contribution in [0.2, 0.25) is 0 Å². The second kappa shape index (κ2) is 4.90. The molecule has 0 aliphatic carbocycles. The van der Waals surface area contributed by atoms with E-state index in [2.05, 4.69) is 16.4 Å². The molecule has 0 saturated heterocycles. The lowest BCUT2D eigenvalue weighted by atomic mass is 10.3. The molecule has 0 spiro atoms. The quantitative estimate of drug-likeness (QED) is 0.797. The van der Waals surface area contributed by atoms with Gasteiger partial charge < -0.3 is 11.1 Å². The predicted molar refractivity (Wildman–Crippen MR) is 70.2 cm³/mol. The number of pyridine rings is 1. The Morgan fingerprint density at radius 2 is 1.88 bits per heavy atom. The van der Waals surface area contributed by atoms with E-state index in [1.165, 1.54) is 4.90 Å². The molecule has 2 rings (SSSR count). The molecular formula is C12H13N3S. The number of nitrogens with one attached hydrogen (secondary N) is 1. The van der Waals surface area contributed by atoms with Crippen LogP contribution in [0.1, 0.15) is 0 Å². The van der Waals surface area contributed by atoms with Crippen molar-refractivity contribution in [2.45, 2.75) is 4.90 Å². The summed E-state index contributed by atoms with van der Waals surface area (Å²) < 4.78 is 0. The van der Waals surface area contributed by atoms with Gasteiger partial charge in [-0.25, -0.2) is 4.98 Å². The largest absolute Gasteiger partial charge is 0.382 e. The fourth-order valence-electron chi connectivity index (χ4n) is 1.42. The van der Waals surface area contributed by atoms with E-state index >= 15 is 0 Å². The van der Waals surface area contributed by atoms with Gasteiger partial charge in [-0.3, -0.25) is 0 Å². The number of para-hydroxylation sites is 1. The number of nitrogens with zero attached hydrogens (tertiary/aromatic N) is 1. The van der Waals surface area contributed by atoms with Crippen LogP contribution in [0.5, 0.6) is 0 Å². The highest BCUT2D eigenvalue weighted by Gasteiger charge is 2.03. The molecule has 16 heavy (non-hydrogen) atoms. The summed E-state index contributed by atoms with van der Waals surface area (Å²) in [6.45, 7) is 0. The average Bonchev–Trinajstić information content (AvgIpc) is 2.33. The number of rotatable bonds is 3. The number of nitrogens with two attached hydrogens (primary N) is 1. The van der Waals surface area contributed by atoms with Crippen molar-refractivity contribution in [2.75, 3.05) is 17.3 Å². The second-order valence-electron chi connectivity index (χ2n) is 3.26. The molecule has 0 radical (unpaired) electrons. The van der Waals surface area contributed by atoms with E-state index in [1.807, 2.05) is 36.6 Å². The first-order chi connectivity index (χ1) is 7.81. The summed E-state index contributed by atoms with van der Waals surface area (Å²) in [6.07, 6.45) is 3.73. The molecule has 0 aliphatic heterocycles. The van der Waals surface area contributed by atoms with Crippen LogP contribution in [-0.4, -0.2) is 11.2 Å². The molecular weight excluding hydrogens is 218 g/mol. The lowest BCUT2D eigenvalue weighted by molar-refractivity contribution is 1.32. The Kier molecular flexibility index (Phi) is 3.31. The smallest absolute Gasteiger partial charge is 0.147 e. The third kappa shape index (κ3) is 2.28. The van der Waals surface area contributed by atoms with Gasteiger partial charge in [0, 0.05) is 11.1 Å². The highest BCUT2D eigenvalue weighted by Crippen LogP contribution is 2.29. The molecule has 0 atom stereocenters. The summed E-state index contributed by atoms with van der Waals surface area (Å²) in [6, 6.07) is 11.9. The van der Waals surface area contributed by atoms with E-state index in [0.717, 1.165) is 11.4 Å². The molecule has 1 aromatic carbocycles. The summed E-state index contributed by atoms with van der Waals surface area (Å²) in [4.78, 5) is 5.23. The summed E-state index contributed by atoms with van der Waals surface area (Å²) >= 11 is 1.70. The van der Waals surface area contributed by atoms with Crippen LogP contribution in [-0.2, 0) is 0 Å². The van der Waals surface area contributed by atoms with Gasteiger partial charge in [0.05, 0.1) is 11.4 Å². The average molecular weight is 231 g/mol. The molecule has 0 fully saturated rings. The van der Waals surface area contributed by atoms with Crippen LogP contribution < -0.4 is 11.1 Å². The van der Waals surface area contributed by atoms with E-state index in [4.69, 9.17) is 5.73 Å². The number of hydrogen-bond donors (Lipinski definition) is 2. The first kappa shape index (κ1) is 10.8. The van der Waals surface area contributed by atoms with Gasteiger partial charge in [-0.1, -0.05) is 12.1 Å². The minimum absolute atomic E-state index is 0.512. The summed E-state index contributed by atoms with van der Waals surface area (Å²) in [7, 11) is 0. The number of thioether (sulfide) groups is 1. The Hall–Kier alpha value is -1.68. The zero-order valence-corrected chi connectivity index (χ0v) is 9.79. The van der Waals surface area contributed by atoms with Crippen LogP contribution in [0, 0.1) is 0 Å². The maximum absolute atomic E-state index is 5.78. The number of benzene rings is 1. The number of nitrogen functional groups attached to an aromatic ring is 1. The Bertz CT molecular complexity index is 485. The van der Waals surface area contributed by atoms with Crippen molar-refractivity contribution in [1.82, 2.24) is 4.98 Å². The predicted octanol–water partition coefficient (Wildman–Crippen LogP) is 3.13. The zero-order chi connectivity index (χ0) is 11.4. The number of aromatic nitrogens is 1. The van der Waals surface area contributed by atoms with Crippen LogP contribution in [0.3, 0.4) is 0 Å². The monoisotopic (exact) mass is 231 g/mol. The molecule has 3 nitrogen and oxygen atoms in total. The van der Waals surface area contributed by atoms with Gasteiger partial charge in [0.1, 0.15) is 5.82 Å². The maximum atomic E-state index is 5.78. The highest BCUT2D eigenvalue weighted by atomic mass is 32.2. The molecule has 1 heterocycles. The fourth-order valence-corrected chi connectivity index (χ4v) is 1.97. The van der Waals surface area contributed by atoms with Gasteiger partial charge in [-0.05, 0) is 30.5 Å². The molecule has 0 unspecified atom stereocenters. The molecule has 2 aromatic rings. The van der Waals surface area contributed by atoms with Crippen molar-refractivity contribution in [1.29, 1.82) is 0 Å². The Morgan fingerprint density at radius 3 is 2.62 bits per heavy atom. The Balaban J connectivity index is 2.30. The Labute approximate surface area is 99.1 Å². The third-order valence-corrected chi connectivity index (χ3v) is 3.01. The van der Waals surface area contributed by atoms with Crippen LogP contribution in [0.4, 0.5) is 17.2 Å². The molecule has 3 N–H and O–H groups in total. The van der Waals surface area contributed by atoms with Gasteiger partial charge in [0.25, 0.3) is 0 Å². The first-order valence-corrected chi connectivity index (χ1v) is 6.14. The molecule has 0 bridgehead atoms. The summed E-state index contributed by atoms with van der Waals surface area (Å²) in [5.74, 6) is 0.512. The molecule has 0 amide bonds. The van der Waals surface area contributed by atoms with E-state index in [-0.39, 0.29) is 0 Å². The SMILES string of the molecule is CSc1ccccc1Nc1cccnc1N. The minimum Gasteiger partial charge on any atom is -0.382 e. The van der Waals surface area contributed by atoms with Crippen LogP contribution >= 0.6 is 11.8 Å². The van der Waals surface area contributed by atoms with Crippen molar-refractivity contribution in [3.05, 3.63) is 42.6 Å². The van der Waals surface area contributed by atoms with Gasteiger partial charge in [0.2, 0.25) is 0 Å².